The van der Waals surface area contributed by atoms with E-state index in [1.165, 1.54) is 24.3 Å². The fourth-order valence-electron chi connectivity index (χ4n) is 1.54. The van der Waals surface area contributed by atoms with Crippen LogP contribution in [-0.4, -0.2) is 0 Å². The smallest absolute Gasteiger partial charge is 0.157 e. The predicted octanol–water partition coefficient (Wildman–Crippen LogP) is 4.54. The molecule has 0 bridgehead atoms. The molecule has 0 saturated heterocycles. The molecule has 100 valence electrons. The third kappa shape index (κ3) is 3.36. The van der Waals surface area contributed by atoms with Gasteiger partial charge in [-0.3, -0.25) is 0 Å². The van der Waals surface area contributed by atoms with Crippen LogP contribution in [0.25, 0.3) is 0 Å². The standard InChI is InChI=1S/C13H9BrClF2NO/c14-10-4-9(16)5-12(18)13(10)19-6-7-3-8(15)1-2-11(7)17/h1-5H,6,18H2. The van der Waals surface area contributed by atoms with Crippen molar-refractivity contribution in [2.24, 2.45) is 0 Å². The van der Waals surface area contributed by atoms with Gasteiger partial charge in [0.2, 0.25) is 0 Å². The van der Waals surface area contributed by atoms with Gasteiger partial charge in [0, 0.05) is 16.7 Å². The van der Waals surface area contributed by atoms with Gasteiger partial charge in [0.05, 0.1) is 10.2 Å². The first-order valence-corrected chi connectivity index (χ1v) is 6.45. The van der Waals surface area contributed by atoms with Gasteiger partial charge in [0.25, 0.3) is 0 Å². The first-order chi connectivity index (χ1) is 8.97. The Morgan fingerprint density at radius 1 is 1.21 bits per heavy atom. The molecule has 19 heavy (non-hydrogen) atoms. The highest BCUT2D eigenvalue weighted by Gasteiger charge is 2.10. The van der Waals surface area contributed by atoms with E-state index in [4.69, 9.17) is 22.1 Å². The largest absolute Gasteiger partial charge is 0.485 e. The SMILES string of the molecule is Nc1cc(F)cc(Br)c1OCc1cc(Cl)ccc1F. The number of rotatable bonds is 3. The summed E-state index contributed by atoms with van der Waals surface area (Å²) in [6.07, 6.45) is 0. The molecule has 0 heterocycles. The summed E-state index contributed by atoms with van der Waals surface area (Å²) in [6.45, 7) is -0.0547. The van der Waals surface area contributed by atoms with Crippen molar-refractivity contribution in [1.29, 1.82) is 0 Å². The quantitative estimate of drug-likeness (QED) is 0.826. The summed E-state index contributed by atoms with van der Waals surface area (Å²) in [5.41, 5.74) is 6.07. The predicted molar refractivity (Wildman–Crippen MR) is 74.3 cm³/mol. The topological polar surface area (TPSA) is 35.2 Å². The zero-order chi connectivity index (χ0) is 14.0. The molecule has 2 N–H and O–H groups in total. The average molecular weight is 349 g/mol. The van der Waals surface area contributed by atoms with E-state index in [1.54, 1.807) is 0 Å². The van der Waals surface area contributed by atoms with E-state index in [0.29, 0.717) is 15.1 Å². The molecule has 2 aromatic rings. The van der Waals surface area contributed by atoms with Gasteiger partial charge in [0.1, 0.15) is 18.2 Å². The first-order valence-electron chi connectivity index (χ1n) is 5.28. The summed E-state index contributed by atoms with van der Waals surface area (Å²) < 4.78 is 32.3. The van der Waals surface area contributed by atoms with E-state index < -0.39 is 11.6 Å². The summed E-state index contributed by atoms with van der Waals surface area (Å²) in [5, 5.41) is 0.408. The molecule has 2 aromatic carbocycles. The zero-order valence-electron chi connectivity index (χ0n) is 9.59. The van der Waals surface area contributed by atoms with Gasteiger partial charge in [-0.1, -0.05) is 11.6 Å². The monoisotopic (exact) mass is 347 g/mol. The number of hydrogen-bond acceptors (Lipinski definition) is 2. The molecule has 0 aliphatic rings. The van der Waals surface area contributed by atoms with Crippen LogP contribution in [-0.2, 0) is 6.61 Å². The van der Waals surface area contributed by atoms with Crippen molar-refractivity contribution in [3.8, 4) is 5.75 Å². The lowest BCUT2D eigenvalue weighted by molar-refractivity contribution is 0.299. The molecule has 0 radical (unpaired) electrons. The Labute approximate surface area is 122 Å². The van der Waals surface area contributed by atoms with Crippen LogP contribution in [0.2, 0.25) is 5.02 Å². The van der Waals surface area contributed by atoms with Crippen molar-refractivity contribution >= 4 is 33.2 Å². The summed E-state index contributed by atoms with van der Waals surface area (Å²) in [5.74, 6) is -0.646. The van der Waals surface area contributed by atoms with Gasteiger partial charge in [-0.05, 0) is 40.2 Å². The maximum atomic E-state index is 13.5. The van der Waals surface area contributed by atoms with Crippen molar-refractivity contribution in [1.82, 2.24) is 0 Å². The highest BCUT2D eigenvalue weighted by molar-refractivity contribution is 9.10. The average Bonchev–Trinajstić information content (AvgIpc) is 2.32. The Morgan fingerprint density at radius 2 is 1.95 bits per heavy atom. The van der Waals surface area contributed by atoms with Crippen LogP contribution in [0.4, 0.5) is 14.5 Å². The fraction of sp³-hybridized carbons (Fsp3) is 0.0769. The van der Waals surface area contributed by atoms with Gasteiger partial charge in [0.15, 0.2) is 5.75 Å². The van der Waals surface area contributed by atoms with Crippen molar-refractivity contribution in [3.05, 3.63) is 57.0 Å². The fourth-order valence-corrected chi connectivity index (χ4v) is 2.29. The number of anilines is 1. The number of halogens is 4. The lowest BCUT2D eigenvalue weighted by Crippen LogP contribution is -2.02. The summed E-state index contributed by atoms with van der Waals surface area (Å²) in [4.78, 5) is 0. The highest BCUT2D eigenvalue weighted by atomic mass is 79.9. The lowest BCUT2D eigenvalue weighted by Gasteiger charge is -2.11. The van der Waals surface area contributed by atoms with Crippen LogP contribution in [0.1, 0.15) is 5.56 Å². The Morgan fingerprint density at radius 3 is 2.63 bits per heavy atom. The molecular weight excluding hydrogens is 340 g/mol. The first kappa shape index (κ1) is 14.1. The molecule has 0 saturated carbocycles. The molecule has 0 fully saturated rings. The highest BCUT2D eigenvalue weighted by Crippen LogP contribution is 2.33. The van der Waals surface area contributed by atoms with Gasteiger partial charge >= 0.3 is 0 Å². The second-order valence-corrected chi connectivity index (χ2v) is 5.12. The molecule has 0 amide bonds. The van der Waals surface area contributed by atoms with Gasteiger partial charge in [-0.25, -0.2) is 8.78 Å². The Balaban J connectivity index is 2.21. The van der Waals surface area contributed by atoms with E-state index in [1.807, 2.05) is 0 Å². The van der Waals surface area contributed by atoms with E-state index in [2.05, 4.69) is 15.9 Å². The second-order valence-electron chi connectivity index (χ2n) is 3.83. The van der Waals surface area contributed by atoms with Crippen LogP contribution >= 0.6 is 27.5 Å². The van der Waals surface area contributed by atoms with E-state index in [0.717, 1.165) is 6.07 Å². The van der Waals surface area contributed by atoms with Gasteiger partial charge < -0.3 is 10.5 Å². The van der Waals surface area contributed by atoms with Gasteiger partial charge in [-0.2, -0.15) is 0 Å². The van der Waals surface area contributed by atoms with Gasteiger partial charge in [-0.15, -0.1) is 0 Å². The number of ether oxygens (including phenoxy) is 1. The molecule has 0 aliphatic carbocycles. The summed E-state index contributed by atoms with van der Waals surface area (Å²) >= 11 is 8.92. The van der Waals surface area contributed by atoms with Crippen LogP contribution in [0, 0.1) is 11.6 Å². The van der Waals surface area contributed by atoms with Crippen molar-refractivity contribution < 1.29 is 13.5 Å². The molecule has 0 aromatic heterocycles. The molecule has 2 nitrogen and oxygen atoms in total. The molecule has 0 aliphatic heterocycles. The molecule has 0 spiro atoms. The lowest BCUT2D eigenvalue weighted by atomic mass is 10.2. The molecule has 6 heteroatoms. The number of nitrogen functional groups attached to an aromatic ring is 1. The number of benzene rings is 2. The third-order valence-electron chi connectivity index (χ3n) is 2.42. The zero-order valence-corrected chi connectivity index (χ0v) is 11.9. The van der Waals surface area contributed by atoms with Crippen LogP contribution in [0.15, 0.2) is 34.8 Å². The Kier molecular flexibility index (Phi) is 4.27. The molecule has 0 unspecified atom stereocenters. The molecule has 2 rings (SSSR count). The number of hydrogen-bond donors (Lipinski definition) is 1. The van der Waals surface area contributed by atoms with Crippen LogP contribution in [0.3, 0.4) is 0 Å². The molecular formula is C13H9BrClF2NO. The van der Waals surface area contributed by atoms with E-state index >= 15 is 0 Å². The number of nitrogens with two attached hydrogens (primary N) is 1. The second kappa shape index (κ2) is 5.75. The van der Waals surface area contributed by atoms with Crippen molar-refractivity contribution in [3.63, 3.8) is 0 Å². The minimum atomic E-state index is -0.481. The summed E-state index contributed by atoms with van der Waals surface area (Å²) in [7, 11) is 0. The maximum absolute atomic E-state index is 13.5. The van der Waals surface area contributed by atoms with Crippen LogP contribution < -0.4 is 10.5 Å². The van der Waals surface area contributed by atoms with E-state index in [-0.39, 0.29) is 18.0 Å². The minimum Gasteiger partial charge on any atom is -0.485 e. The normalized spacial score (nSPS) is 10.5. The van der Waals surface area contributed by atoms with E-state index in [9.17, 15) is 8.78 Å². The van der Waals surface area contributed by atoms with Crippen molar-refractivity contribution in [2.45, 2.75) is 6.61 Å². The Bertz CT molecular complexity index is 599. The summed E-state index contributed by atoms with van der Waals surface area (Å²) in [6, 6.07) is 6.52. The Hall–Kier alpha value is -1.33. The van der Waals surface area contributed by atoms with Crippen molar-refractivity contribution in [2.75, 3.05) is 5.73 Å². The maximum Gasteiger partial charge on any atom is 0.157 e. The van der Waals surface area contributed by atoms with Crippen LogP contribution in [0.5, 0.6) is 5.75 Å². The third-order valence-corrected chi connectivity index (χ3v) is 3.24. The molecule has 0 atom stereocenters. The minimum absolute atomic E-state index is 0.0547.